The van der Waals surface area contributed by atoms with E-state index in [1.165, 1.54) is 0 Å². The summed E-state index contributed by atoms with van der Waals surface area (Å²) in [5.74, 6) is 1.04. The molecule has 0 aromatic heterocycles. The first-order valence-electron chi connectivity index (χ1n) is 6.59. The fourth-order valence-electron chi connectivity index (χ4n) is 2.37. The van der Waals surface area contributed by atoms with E-state index in [9.17, 15) is 4.79 Å². The molecular formula is C16H13ClINOS. The van der Waals surface area contributed by atoms with Crippen LogP contribution in [0, 0.1) is 3.57 Å². The Morgan fingerprint density at radius 2 is 2.00 bits per heavy atom. The van der Waals surface area contributed by atoms with Gasteiger partial charge >= 0.3 is 0 Å². The van der Waals surface area contributed by atoms with Crippen LogP contribution in [0.15, 0.2) is 48.5 Å². The van der Waals surface area contributed by atoms with Crippen molar-refractivity contribution < 1.29 is 4.79 Å². The molecule has 1 aliphatic rings. The summed E-state index contributed by atoms with van der Waals surface area (Å²) >= 11 is 10.1. The van der Waals surface area contributed by atoms with Gasteiger partial charge in [0.05, 0.1) is 0 Å². The van der Waals surface area contributed by atoms with Crippen LogP contribution in [0.3, 0.4) is 0 Å². The lowest BCUT2D eigenvalue weighted by molar-refractivity contribution is 0.0760. The van der Waals surface area contributed by atoms with Gasteiger partial charge in [0, 0.05) is 26.5 Å². The minimum absolute atomic E-state index is 0.0514. The summed E-state index contributed by atoms with van der Waals surface area (Å²) in [4.78, 5) is 14.6. The quantitative estimate of drug-likeness (QED) is 0.637. The second-order valence-electron chi connectivity index (χ2n) is 4.78. The van der Waals surface area contributed by atoms with E-state index in [0.717, 1.165) is 27.0 Å². The van der Waals surface area contributed by atoms with Crippen LogP contribution >= 0.6 is 46.0 Å². The highest BCUT2D eigenvalue weighted by Gasteiger charge is 2.31. The van der Waals surface area contributed by atoms with E-state index in [1.54, 1.807) is 11.8 Å². The van der Waals surface area contributed by atoms with Crippen LogP contribution in [-0.4, -0.2) is 23.1 Å². The molecule has 1 atom stereocenters. The summed E-state index contributed by atoms with van der Waals surface area (Å²) in [5, 5.41) is 0.761. The number of thioether (sulfide) groups is 1. The van der Waals surface area contributed by atoms with Crippen LogP contribution in [0.5, 0.6) is 0 Å². The van der Waals surface area contributed by atoms with Gasteiger partial charge in [-0.1, -0.05) is 23.7 Å². The van der Waals surface area contributed by atoms with Crippen molar-refractivity contribution in [3.63, 3.8) is 0 Å². The molecule has 0 aliphatic carbocycles. The number of rotatable bonds is 2. The number of hydrogen-bond acceptors (Lipinski definition) is 2. The summed E-state index contributed by atoms with van der Waals surface area (Å²) in [6, 6.07) is 15.5. The van der Waals surface area contributed by atoms with Crippen LogP contribution < -0.4 is 0 Å². The molecule has 1 heterocycles. The Kier molecular flexibility index (Phi) is 4.76. The number of carbonyl (C=O) groups is 1. The van der Waals surface area contributed by atoms with Gasteiger partial charge in [-0.15, -0.1) is 11.8 Å². The van der Waals surface area contributed by atoms with E-state index < -0.39 is 0 Å². The molecule has 1 fully saturated rings. The SMILES string of the molecule is O=C(c1ccc(I)cc1)N1CCSC1c1cccc(Cl)c1. The van der Waals surface area contributed by atoms with Crippen LogP contribution in [0.2, 0.25) is 5.02 Å². The third kappa shape index (κ3) is 3.38. The molecule has 0 N–H and O–H groups in total. The summed E-state index contributed by atoms with van der Waals surface area (Å²) in [5.41, 5.74) is 1.83. The molecule has 5 heteroatoms. The number of amides is 1. The number of halogens is 2. The number of benzene rings is 2. The lowest BCUT2D eigenvalue weighted by Crippen LogP contribution is -2.30. The van der Waals surface area contributed by atoms with Crippen molar-refractivity contribution in [3.8, 4) is 0 Å². The van der Waals surface area contributed by atoms with Crippen molar-refractivity contribution >= 4 is 51.9 Å². The molecule has 21 heavy (non-hydrogen) atoms. The number of hydrogen-bond donors (Lipinski definition) is 0. The molecule has 1 amide bonds. The second-order valence-corrected chi connectivity index (χ2v) is 7.65. The minimum Gasteiger partial charge on any atom is -0.322 e. The lowest BCUT2D eigenvalue weighted by Gasteiger charge is -2.24. The Morgan fingerprint density at radius 1 is 1.24 bits per heavy atom. The Morgan fingerprint density at radius 3 is 2.71 bits per heavy atom. The minimum atomic E-state index is 0.0514. The van der Waals surface area contributed by atoms with Gasteiger partial charge in [0.15, 0.2) is 0 Å². The highest BCUT2D eigenvalue weighted by Crippen LogP contribution is 2.39. The summed E-state index contributed by atoms with van der Waals surface area (Å²) in [7, 11) is 0. The second kappa shape index (κ2) is 6.58. The molecule has 1 saturated heterocycles. The molecule has 1 unspecified atom stereocenters. The van der Waals surface area contributed by atoms with Gasteiger partial charge in [-0.05, 0) is 64.6 Å². The van der Waals surface area contributed by atoms with E-state index in [0.29, 0.717) is 5.02 Å². The molecule has 0 bridgehead atoms. The van der Waals surface area contributed by atoms with E-state index in [4.69, 9.17) is 11.6 Å². The normalized spacial score (nSPS) is 18.0. The molecule has 0 spiro atoms. The standard InChI is InChI=1S/C16H13ClINOS/c17-13-3-1-2-12(10-13)16-19(8-9-21-16)15(20)11-4-6-14(18)7-5-11/h1-7,10,16H,8-9H2. The van der Waals surface area contributed by atoms with Crippen molar-refractivity contribution in [3.05, 3.63) is 68.3 Å². The van der Waals surface area contributed by atoms with Crippen molar-refractivity contribution in [2.75, 3.05) is 12.3 Å². The molecule has 2 aromatic carbocycles. The van der Waals surface area contributed by atoms with Crippen molar-refractivity contribution in [2.45, 2.75) is 5.37 Å². The third-order valence-electron chi connectivity index (χ3n) is 3.38. The highest BCUT2D eigenvalue weighted by molar-refractivity contribution is 14.1. The lowest BCUT2D eigenvalue weighted by atomic mass is 10.1. The van der Waals surface area contributed by atoms with Gasteiger partial charge in [-0.3, -0.25) is 4.79 Å². The molecule has 1 aliphatic heterocycles. The maximum atomic E-state index is 12.7. The largest absolute Gasteiger partial charge is 0.322 e. The van der Waals surface area contributed by atoms with E-state index in [2.05, 4.69) is 22.6 Å². The first-order valence-corrected chi connectivity index (χ1v) is 9.09. The Balaban J connectivity index is 1.87. The van der Waals surface area contributed by atoms with Gasteiger partial charge in [0.2, 0.25) is 0 Å². The van der Waals surface area contributed by atoms with Gasteiger partial charge in [0.1, 0.15) is 5.37 Å². The maximum Gasteiger partial charge on any atom is 0.255 e. The van der Waals surface area contributed by atoms with Gasteiger partial charge < -0.3 is 4.90 Å². The van der Waals surface area contributed by atoms with Crippen molar-refractivity contribution in [1.82, 2.24) is 4.90 Å². The predicted molar refractivity (Wildman–Crippen MR) is 96.8 cm³/mol. The topological polar surface area (TPSA) is 20.3 Å². The fourth-order valence-corrected chi connectivity index (χ4v) is 4.18. The first kappa shape index (κ1) is 15.2. The van der Waals surface area contributed by atoms with Gasteiger partial charge in [0.25, 0.3) is 5.91 Å². The van der Waals surface area contributed by atoms with Crippen molar-refractivity contribution in [2.24, 2.45) is 0 Å². The highest BCUT2D eigenvalue weighted by atomic mass is 127. The van der Waals surface area contributed by atoms with E-state index in [-0.39, 0.29) is 11.3 Å². The summed E-state index contributed by atoms with van der Waals surface area (Å²) in [6.07, 6.45) is 0. The molecule has 0 radical (unpaired) electrons. The monoisotopic (exact) mass is 429 g/mol. The van der Waals surface area contributed by atoms with Crippen LogP contribution in [0.1, 0.15) is 21.3 Å². The van der Waals surface area contributed by atoms with Crippen LogP contribution in [-0.2, 0) is 0 Å². The zero-order chi connectivity index (χ0) is 14.8. The zero-order valence-electron chi connectivity index (χ0n) is 11.1. The van der Waals surface area contributed by atoms with E-state index >= 15 is 0 Å². The van der Waals surface area contributed by atoms with Crippen molar-refractivity contribution in [1.29, 1.82) is 0 Å². The third-order valence-corrected chi connectivity index (χ3v) is 5.59. The van der Waals surface area contributed by atoms with E-state index in [1.807, 2.05) is 53.4 Å². The molecular weight excluding hydrogens is 417 g/mol. The van der Waals surface area contributed by atoms with Crippen LogP contribution in [0.4, 0.5) is 0 Å². The van der Waals surface area contributed by atoms with Gasteiger partial charge in [-0.25, -0.2) is 0 Å². The molecule has 108 valence electrons. The Hall–Kier alpha value is -0.720. The maximum absolute atomic E-state index is 12.7. The number of carbonyl (C=O) groups excluding carboxylic acids is 1. The molecule has 2 aromatic rings. The molecule has 0 saturated carbocycles. The molecule has 2 nitrogen and oxygen atoms in total. The average molecular weight is 430 g/mol. The average Bonchev–Trinajstić information content (AvgIpc) is 2.97. The molecule has 3 rings (SSSR count). The fraction of sp³-hybridized carbons (Fsp3) is 0.188. The number of nitrogens with zero attached hydrogens (tertiary/aromatic N) is 1. The summed E-state index contributed by atoms with van der Waals surface area (Å²) < 4.78 is 1.13. The summed E-state index contributed by atoms with van der Waals surface area (Å²) in [6.45, 7) is 0.771. The predicted octanol–water partition coefficient (Wildman–Crippen LogP) is 4.83. The first-order chi connectivity index (χ1) is 10.1. The zero-order valence-corrected chi connectivity index (χ0v) is 14.9. The van der Waals surface area contributed by atoms with Crippen LogP contribution in [0.25, 0.3) is 0 Å². The smallest absolute Gasteiger partial charge is 0.255 e. The Labute approximate surface area is 147 Å². The van der Waals surface area contributed by atoms with Gasteiger partial charge in [-0.2, -0.15) is 0 Å². The Bertz CT molecular complexity index is 662.